The van der Waals surface area contributed by atoms with Crippen molar-refractivity contribution in [2.24, 2.45) is 5.10 Å². The van der Waals surface area contributed by atoms with Crippen molar-refractivity contribution in [3.8, 4) is 11.5 Å². The predicted molar refractivity (Wildman–Crippen MR) is 98.0 cm³/mol. The van der Waals surface area contributed by atoms with Gasteiger partial charge < -0.3 is 9.84 Å². The number of phenolic OH excluding ortho intramolecular Hbond substituents is 1. The Morgan fingerprint density at radius 3 is 2.67 bits per heavy atom. The molecule has 0 saturated heterocycles. The first-order valence-corrected chi connectivity index (χ1v) is 8.24. The number of nitrogens with one attached hydrogen (secondary N) is 1. The Bertz CT molecular complexity index is 770. The van der Waals surface area contributed by atoms with Gasteiger partial charge in [-0.2, -0.15) is 5.10 Å². The molecule has 0 heterocycles. The Labute approximate surface area is 153 Å². The Balaban J connectivity index is 1.90. The molecule has 0 aliphatic rings. The lowest BCUT2D eigenvalue weighted by Crippen LogP contribution is -2.24. The number of hydrogen-bond donors (Lipinski definition) is 2. The highest BCUT2D eigenvalue weighted by Crippen LogP contribution is 2.25. The van der Waals surface area contributed by atoms with Gasteiger partial charge in [-0.3, -0.25) is 4.79 Å². The van der Waals surface area contributed by atoms with Crippen LogP contribution in [0.5, 0.6) is 11.5 Å². The number of benzene rings is 2. The van der Waals surface area contributed by atoms with E-state index in [1.54, 1.807) is 24.3 Å². The highest BCUT2D eigenvalue weighted by molar-refractivity contribution is 9.10. The zero-order chi connectivity index (χ0) is 17.7. The van der Waals surface area contributed by atoms with E-state index in [1.165, 1.54) is 12.3 Å². The smallest absolute Gasteiger partial charge is 0.277 e. The minimum absolute atomic E-state index is 0.0690. The van der Waals surface area contributed by atoms with Crippen molar-refractivity contribution in [3.05, 3.63) is 56.5 Å². The van der Waals surface area contributed by atoms with Crippen LogP contribution < -0.4 is 10.2 Å². The molecule has 2 aromatic rings. The molecule has 0 atom stereocenters. The molecule has 0 radical (unpaired) electrons. The fourth-order valence-corrected chi connectivity index (χ4v) is 2.46. The topological polar surface area (TPSA) is 70.9 Å². The van der Waals surface area contributed by atoms with Crippen LogP contribution in [0.3, 0.4) is 0 Å². The third kappa shape index (κ3) is 4.97. The molecule has 0 aliphatic carbocycles. The number of nitrogens with zero attached hydrogens (tertiary/aromatic N) is 1. The molecular formula is C17H16BrClN2O3. The fraction of sp³-hybridized carbons (Fsp3) is 0.176. The third-order valence-electron chi connectivity index (χ3n) is 3.16. The number of phenols is 1. The second-order valence-electron chi connectivity index (χ2n) is 5.16. The lowest BCUT2D eigenvalue weighted by molar-refractivity contribution is -0.123. The summed E-state index contributed by atoms with van der Waals surface area (Å²) in [7, 11) is 0. The number of aryl methyl sites for hydroxylation is 2. The highest BCUT2D eigenvalue weighted by atomic mass is 79.9. The number of ether oxygens (including phenoxy) is 1. The summed E-state index contributed by atoms with van der Waals surface area (Å²) in [6.45, 7) is 3.57. The summed E-state index contributed by atoms with van der Waals surface area (Å²) >= 11 is 9.38. The largest absolute Gasteiger partial charge is 0.507 e. The molecule has 5 nitrogen and oxygen atoms in total. The molecule has 0 unspecified atom stereocenters. The van der Waals surface area contributed by atoms with Crippen LogP contribution >= 0.6 is 27.5 Å². The third-order valence-corrected chi connectivity index (χ3v) is 4.25. The summed E-state index contributed by atoms with van der Waals surface area (Å²) < 4.78 is 6.22. The van der Waals surface area contributed by atoms with Gasteiger partial charge in [0.1, 0.15) is 11.5 Å². The molecule has 126 valence electrons. The summed E-state index contributed by atoms with van der Waals surface area (Å²) in [5.41, 5.74) is 4.59. The van der Waals surface area contributed by atoms with Crippen LogP contribution in [0.25, 0.3) is 0 Å². The van der Waals surface area contributed by atoms with Crippen LogP contribution in [0.4, 0.5) is 0 Å². The summed E-state index contributed by atoms with van der Waals surface area (Å²) in [6.07, 6.45) is 1.36. The van der Waals surface area contributed by atoms with Gasteiger partial charge in [0, 0.05) is 15.1 Å². The van der Waals surface area contributed by atoms with Crippen LogP contribution in [0.2, 0.25) is 5.02 Å². The summed E-state index contributed by atoms with van der Waals surface area (Å²) in [4.78, 5) is 11.7. The van der Waals surface area contributed by atoms with E-state index in [4.69, 9.17) is 16.3 Å². The molecule has 2 rings (SSSR count). The van der Waals surface area contributed by atoms with E-state index in [0.29, 0.717) is 16.3 Å². The molecule has 0 fully saturated rings. The van der Waals surface area contributed by atoms with Crippen molar-refractivity contribution >= 4 is 39.7 Å². The quantitative estimate of drug-likeness (QED) is 0.578. The molecule has 7 heteroatoms. The van der Waals surface area contributed by atoms with E-state index in [9.17, 15) is 9.90 Å². The van der Waals surface area contributed by atoms with Gasteiger partial charge in [0.2, 0.25) is 0 Å². The van der Waals surface area contributed by atoms with Crippen molar-refractivity contribution < 1.29 is 14.6 Å². The molecule has 0 aliphatic heterocycles. The van der Waals surface area contributed by atoms with E-state index in [-0.39, 0.29) is 12.4 Å². The Morgan fingerprint density at radius 2 is 2.00 bits per heavy atom. The van der Waals surface area contributed by atoms with Crippen molar-refractivity contribution in [2.45, 2.75) is 13.8 Å². The van der Waals surface area contributed by atoms with Gasteiger partial charge in [0.15, 0.2) is 6.61 Å². The number of hydrogen-bond acceptors (Lipinski definition) is 4. The summed E-state index contributed by atoms with van der Waals surface area (Å²) in [5.74, 6) is 0.226. The Kier molecular flexibility index (Phi) is 6.23. The molecule has 0 saturated carbocycles. The minimum atomic E-state index is -0.411. The number of carbonyl (C=O) groups excluding carboxylic acids is 1. The van der Waals surface area contributed by atoms with E-state index in [2.05, 4.69) is 26.5 Å². The van der Waals surface area contributed by atoms with Crippen LogP contribution in [0.1, 0.15) is 16.7 Å². The van der Waals surface area contributed by atoms with Gasteiger partial charge in [-0.1, -0.05) is 27.5 Å². The average Bonchev–Trinajstić information content (AvgIpc) is 2.53. The standard InChI is InChI=1S/C17H16BrClN2O3/c1-10-5-14(6-11(2)17(10)19)24-9-16(23)21-20-8-12-7-13(18)3-4-15(12)22/h3-8,22H,9H2,1-2H3,(H,21,23)/b20-8-. The van der Waals surface area contributed by atoms with Crippen LogP contribution in [-0.4, -0.2) is 23.8 Å². The molecule has 2 N–H and O–H groups in total. The molecule has 1 amide bonds. The first kappa shape index (κ1) is 18.3. The van der Waals surface area contributed by atoms with Gasteiger partial charge in [-0.05, 0) is 55.3 Å². The number of carbonyl (C=O) groups is 1. The normalized spacial score (nSPS) is 10.8. The van der Waals surface area contributed by atoms with Crippen molar-refractivity contribution in [3.63, 3.8) is 0 Å². The van der Waals surface area contributed by atoms with Gasteiger partial charge in [0.05, 0.1) is 6.21 Å². The van der Waals surface area contributed by atoms with Crippen molar-refractivity contribution in [1.82, 2.24) is 5.43 Å². The zero-order valence-corrected chi connectivity index (χ0v) is 15.5. The lowest BCUT2D eigenvalue weighted by atomic mass is 10.1. The number of amides is 1. The van der Waals surface area contributed by atoms with E-state index in [0.717, 1.165) is 15.6 Å². The molecule has 0 bridgehead atoms. The number of halogens is 2. The predicted octanol–water partition coefficient (Wildman–Crippen LogP) is 3.95. The number of aromatic hydroxyl groups is 1. The van der Waals surface area contributed by atoms with Gasteiger partial charge in [0.25, 0.3) is 5.91 Å². The maximum absolute atomic E-state index is 11.7. The van der Waals surface area contributed by atoms with Gasteiger partial charge >= 0.3 is 0 Å². The second kappa shape index (κ2) is 8.17. The van der Waals surface area contributed by atoms with E-state index in [1.807, 2.05) is 13.8 Å². The first-order chi connectivity index (χ1) is 11.4. The minimum Gasteiger partial charge on any atom is -0.507 e. The van der Waals surface area contributed by atoms with E-state index >= 15 is 0 Å². The Morgan fingerprint density at radius 1 is 1.33 bits per heavy atom. The number of rotatable bonds is 5. The summed E-state index contributed by atoms with van der Waals surface area (Å²) in [5, 5.41) is 14.2. The Hall–Kier alpha value is -2.05. The zero-order valence-electron chi connectivity index (χ0n) is 13.1. The van der Waals surface area contributed by atoms with Crippen LogP contribution in [0.15, 0.2) is 39.9 Å². The van der Waals surface area contributed by atoms with Gasteiger partial charge in [-0.15, -0.1) is 0 Å². The summed E-state index contributed by atoms with van der Waals surface area (Å²) in [6, 6.07) is 8.45. The maximum atomic E-state index is 11.7. The molecule has 0 aromatic heterocycles. The van der Waals surface area contributed by atoms with Crippen molar-refractivity contribution in [1.29, 1.82) is 0 Å². The molecular weight excluding hydrogens is 396 g/mol. The molecule has 0 spiro atoms. The SMILES string of the molecule is Cc1cc(OCC(=O)N/N=C\c2cc(Br)ccc2O)cc(C)c1Cl. The fourth-order valence-electron chi connectivity index (χ4n) is 1.97. The molecule has 2 aromatic carbocycles. The van der Waals surface area contributed by atoms with Crippen LogP contribution in [0, 0.1) is 13.8 Å². The monoisotopic (exact) mass is 410 g/mol. The average molecular weight is 412 g/mol. The number of hydrazone groups is 1. The first-order valence-electron chi connectivity index (χ1n) is 7.07. The maximum Gasteiger partial charge on any atom is 0.277 e. The highest BCUT2D eigenvalue weighted by Gasteiger charge is 2.06. The lowest BCUT2D eigenvalue weighted by Gasteiger charge is -2.09. The van der Waals surface area contributed by atoms with Crippen LogP contribution in [-0.2, 0) is 4.79 Å². The van der Waals surface area contributed by atoms with E-state index < -0.39 is 5.91 Å². The van der Waals surface area contributed by atoms with Gasteiger partial charge in [-0.25, -0.2) is 5.43 Å². The second-order valence-corrected chi connectivity index (χ2v) is 6.45. The van der Waals surface area contributed by atoms with Crippen molar-refractivity contribution in [2.75, 3.05) is 6.61 Å². The molecule has 24 heavy (non-hydrogen) atoms.